The third-order valence-electron chi connectivity index (χ3n) is 4.71. The van der Waals surface area contributed by atoms with Crippen molar-refractivity contribution in [3.05, 3.63) is 34.9 Å². The number of nitrogens with one attached hydrogen (secondary N) is 1. The predicted octanol–water partition coefficient (Wildman–Crippen LogP) is 2.24. The largest absolute Gasteiger partial charge is 0.459 e. The number of hydrogen-bond acceptors (Lipinski definition) is 6. The third kappa shape index (κ3) is 2.45. The van der Waals surface area contributed by atoms with E-state index < -0.39 is 5.54 Å². The molecule has 2 aliphatic rings. The van der Waals surface area contributed by atoms with Crippen LogP contribution < -0.4 is 5.32 Å². The van der Waals surface area contributed by atoms with E-state index >= 15 is 0 Å². The Kier molecular flexibility index (Phi) is 3.45. The highest BCUT2D eigenvalue weighted by molar-refractivity contribution is 5.94. The van der Waals surface area contributed by atoms with Gasteiger partial charge in [0.2, 0.25) is 5.89 Å². The Morgan fingerprint density at radius 3 is 2.91 bits per heavy atom. The molecule has 1 saturated carbocycles. The summed E-state index contributed by atoms with van der Waals surface area (Å²) < 4.78 is 16.0. The molecule has 2 aromatic rings. The smallest absolute Gasteiger partial charge is 0.288 e. The summed E-state index contributed by atoms with van der Waals surface area (Å²) in [7, 11) is 0. The second-order valence-corrected chi connectivity index (χ2v) is 6.25. The molecule has 0 aromatic carbocycles. The molecule has 7 nitrogen and oxygen atoms in total. The number of aromatic nitrogens is 2. The molecule has 1 N–H and O–H groups in total. The highest BCUT2D eigenvalue weighted by Gasteiger charge is 2.42. The van der Waals surface area contributed by atoms with Crippen LogP contribution in [0, 0.1) is 6.92 Å². The third-order valence-corrected chi connectivity index (χ3v) is 4.71. The maximum absolute atomic E-state index is 12.8. The van der Waals surface area contributed by atoms with Crippen LogP contribution in [-0.2, 0) is 23.3 Å². The van der Waals surface area contributed by atoms with E-state index in [0.717, 1.165) is 36.8 Å². The van der Waals surface area contributed by atoms with E-state index in [2.05, 4.69) is 15.5 Å². The minimum Gasteiger partial charge on any atom is -0.459 e. The molecule has 2 aromatic heterocycles. The van der Waals surface area contributed by atoms with Crippen molar-refractivity contribution in [1.82, 2.24) is 15.5 Å². The molecule has 4 rings (SSSR count). The average Bonchev–Trinajstić information content (AvgIpc) is 3.26. The molecule has 0 radical (unpaired) electrons. The van der Waals surface area contributed by atoms with Crippen LogP contribution in [0.25, 0.3) is 0 Å². The number of carbonyl (C=O) groups excluding carboxylic acids is 1. The number of hydrogen-bond donors (Lipinski definition) is 1. The normalized spacial score (nSPS) is 19.5. The van der Waals surface area contributed by atoms with Gasteiger partial charge in [0.1, 0.15) is 5.54 Å². The Bertz CT molecular complexity index is 728. The number of rotatable bonds is 3. The highest BCUT2D eigenvalue weighted by atomic mass is 16.5. The van der Waals surface area contributed by atoms with Crippen LogP contribution in [-0.4, -0.2) is 22.7 Å². The maximum atomic E-state index is 12.8. The first kappa shape index (κ1) is 14.4. The molecule has 0 bridgehead atoms. The zero-order valence-electron chi connectivity index (χ0n) is 13.1. The number of furan rings is 1. The lowest BCUT2D eigenvalue weighted by Crippen LogP contribution is -2.45. The van der Waals surface area contributed by atoms with Crippen molar-refractivity contribution >= 4 is 5.91 Å². The molecule has 1 aliphatic heterocycles. The van der Waals surface area contributed by atoms with Gasteiger partial charge < -0.3 is 19.0 Å². The molecule has 0 atom stereocenters. The van der Waals surface area contributed by atoms with E-state index in [9.17, 15) is 4.79 Å². The molecule has 1 amide bonds. The zero-order chi connectivity index (χ0) is 15.9. The van der Waals surface area contributed by atoms with E-state index in [1.807, 2.05) is 0 Å². The monoisotopic (exact) mass is 317 g/mol. The molecule has 0 saturated heterocycles. The van der Waals surface area contributed by atoms with E-state index in [0.29, 0.717) is 37.1 Å². The number of nitrogens with zero attached hydrogens (tertiary/aromatic N) is 2. The summed E-state index contributed by atoms with van der Waals surface area (Å²) in [6.45, 7) is 2.87. The van der Waals surface area contributed by atoms with Gasteiger partial charge in [0.05, 0.1) is 19.5 Å². The molecule has 3 heterocycles. The van der Waals surface area contributed by atoms with Crippen LogP contribution in [0.5, 0.6) is 0 Å². The number of fused-ring (bicyclic) bond motifs is 1. The second kappa shape index (κ2) is 5.49. The number of amides is 1. The fraction of sp³-hybridized carbons (Fsp3) is 0.562. The van der Waals surface area contributed by atoms with Gasteiger partial charge in [-0.2, -0.15) is 4.98 Å². The Balaban J connectivity index is 1.62. The lowest BCUT2D eigenvalue weighted by molar-refractivity contribution is 0.0858. The minimum absolute atomic E-state index is 0.211. The Morgan fingerprint density at radius 1 is 1.35 bits per heavy atom. The van der Waals surface area contributed by atoms with Crippen LogP contribution in [0.15, 0.2) is 15.2 Å². The van der Waals surface area contributed by atoms with Gasteiger partial charge in [-0.05, 0) is 12.8 Å². The molecule has 7 heteroatoms. The molecule has 1 fully saturated rings. The summed E-state index contributed by atoms with van der Waals surface area (Å²) in [4.78, 5) is 17.1. The topological polar surface area (TPSA) is 90.4 Å². The van der Waals surface area contributed by atoms with Gasteiger partial charge in [0.25, 0.3) is 5.91 Å². The predicted molar refractivity (Wildman–Crippen MR) is 78.7 cm³/mol. The number of ether oxygens (including phenoxy) is 1. The minimum atomic E-state index is -0.556. The van der Waals surface area contributed by atoms with Crippen molar-refractivity contribution < 1.29 is 18.5 Å². The number of aryl methyl sites for hydroxylation is 1. The Hall–Kier alpha value is -2.15. The van der Waals surface area contributed by atoms with Gasteiger partial charge in [0.15, 0.2) is 11.6 Å². The fourth-order valence-electron chi connectivity index (χ4n) is 3.51. The summed E-state index contributed by atoms with van der Waals surface area (Å²) in [5, 5.41) is 7.16. The van der Waals surface area contributed by atoms with Gasteiger partial charge in [-0.15, -0.1) is 0 Å². The highest BCUT2D eigenvalue weighted by Crippen LogP contribution is 2.38. The summed E-state index contributed by atoms with van der Waals surface area (Å²) in [5.41, 5.74) is 1.35. The van der Waals surface area contributed by atoms with Crippen molar-refractivity contribution in [2.75, 3.05) is 6.61 Å². The van der Waals surface area contributed by atoms with Crippen LogP contribution in [0.4, 0.5) is 0 Å². The summed E-state index contributed by atoms with van der Waals surface area (Å²) >= 11 is 0. The van der Waals surface area contributed by atoms with Crippen LogP contribution in [0.2, 0.25) is 0 Å². The fourth-order valence-corrected chi connectivity index (χ4v) is 3.51. The van der Waals surface area contributed by atoms with Crippen LogP contribution in [0.1, 0.15) is 59.1 Å². The van der Waals surface area contributed by atoms with Crippen molar-refractivity contribution in [2.45, 2.75) is 51.2 Å². The molecule has 0 spiro atoms. The molecule has 23 heavy (non-hydrogen) atoms. The summed E-state index contributed by atoms with van der Waals surface area (Å²) in [5.74, 6) is 1.24. The van der Waals surface area contributed by atoms with Gasteiger partial charge in [-0.25, -0.2) is 0 Å². The standard InChI is InChI=1S/C16H19N3O4/c1-10-17-15(19-23-10)16(5-2-3-6-16)18-14(20)13-12-4-7-21-8-11(12)9-22-13/h9H,2-8H2,1H3,(H,18,20). The lowest BCUT2D eigenvalue weighted by Gasteiger charge is -2.26. The van der Waals surface area contributed by atoms with Gasteiger partial charge in [-0.3, -0.25) is 4.79 Å². The lowest BCUT2D eigenvalue weighted by atomic mass is 9.95. The first-order valence-corrected chi connectivity index (χ1v) is 7.98. The van der Waals surface area contributed by atoms with E-state index in [4.69, 9.17) is 13.7 Å². The molecular formula is C16H19N3O4. The Morgan fingerprint density at radius 2 is 2.17 bits per heavy atom. The summed E-state index contributed by atoms with van der Waals surface area (Å²) in [6.07, 6.45) is 5.98. The second-order valence-electron chi connectivity index (χ2n) is 6.25. The van der Waals surface area contributed by atoms with Gasteiger partial charge >= 0.3 is 0 Å². The van der Waals surface area contributed by atoms with Gasteiger partial charge in [-0.1, -0.05) is 18.0 Å². The first-order valence-electron chi connectivity index (χ1n) is 7.98. The van der Waals surface area contributed by atoms with Crippen LogP contribution >= 0.6 is 0 Å². The van der Waals surface area contributed by atoms with Crippen LogP contribution in [0.3, 0.4) is 0 Å². The quantitative estimate of drug-likeness (QED) is 0.933. The van der Waals surface area contributed by atoms with E-state index in [1.165, 1.54) is 0 Å². The Labute approximate surface area is 133 Å². The van der Waals surface area contributed by atoms with Crippen molar-refractivity contribution in [1.29, 1.82) is 0 Å². The number of carbonyl (C=O) groups is 1. The van der Waals surface area contributed by atoms with Crippen molar-refractivity contribution in [2.24, 2.45) is 0 Å². The molecule has 0 unspecified atom stereocenters. The first-order chi connectivity index (χ1) is 11.2. The molecule has 1 aliphatic carbocycles. The average molecular weight is 317 g/mol. The van der Waals surface area contributed by atoms with Crippen molar-refractivity contribution in [3.63, 3.8) is 0 Å². The summed E-state index contributed by atoms with van der Waals surface area (Å²) in [6, 6.07) is 0. The zero-order valence-corrected chi connectivity index (χ0v) is 13.1. The van der Waals surface area contributed by atoms with E-state index in [-0.39, 0.29) is 5.91 Å². The molecular weight excluding hydrogens is 298 g/mol. The van der Waals surface area contributed by atoms with Crippen molar-refractivity contribution in [3.8, 4) is 0 Å². The molecule has 122 valence electrons. The SMILES string of the molecule is Cc1nc(C2(NC(=O)c3occ4c3CCOC4)CCCC2)no1. The van der Waals surface area contributed by atoms with E-state index in [1.54, 1.807) is 13.2 Å². The van der Waals surface area contributed by atoms with Gasteiger partial charge in [0, 0.05) is 24.5 Å². The maximum Gasteiger partial charge on any atom is 0.288 e.